The van der Waals surface area contributed by atoms with Crippen LogP contribution in [0.4, 0.5) is 0 Å². The molecule has 0 aliphatic heterocycles. The van der Waals surface area contributed by atoms with Crippen molar-refractivity contribution in [1.82, 2.24) is 19.9 Å². The first-order valence-electron chi connectivity index (χ1n) is 10.5. The Morgan fingerprint density at radius 3 is 2.79 bits per heavy atom. The van der Waals surface area contributed by atoms with E-state index in [9.17, 15) is 0 Å². The van der Waals surface area contributed by atoms with E-state index in [-0.39, 0.29) is 0 Å². The van der Waals surface area contributed by atoms with Gasteiger partial charge in [-0.25, -0.2) is 19.9 Å². The molecule has 0 spiro atoms. The topological polar surface area (TPSA) is 51.6 Å². The van der Waals surface area contributed by atoms with Crippen LogP contribution in [-0.4, -0.2) is 19.9 Å². The fraction of sp³-hybridized carbons (Fsp3) is 0.333. The highest BCUT2D eigenvalue weighted by Crippen LogP contribution is 2.39. The molecule has 5 heteroatoms. The van der Waals surface area contributed by atoms with Crippen molar-refractivity contribution in [2.45, 2.75) is 51.4 Å². The van der Waals surface area contributed by atoms with Crippen LogP contribution in [0.3, 0.4) is 0 Å². The van der Waals surface area contributed by atoms with Crippen molar-refractivity contribution in [2.75, 3.05) is 0 Å². The summed E-state index contributed by atoms with van der Waals surface area (Å²) in [6.45, 7) is 0. The monoisotopic (exact) mass is 397 g/mol. The molecule has 6 rings (SSSR count). The zero-order valence-electron chi connectivity index (χ0n) is 16.2. The SMILES string of the molecule is [c]1nc(-c2ncnc3sc4c(c23)CCCCC4)nc2c1CCCc1ccccc1-2. The lowest BCUT2D eigenvalue weighted by atomic mass is 10.0. The van der Waals surface area contributed by atoms with E-state index in [1.165, 1.54) is 46.2 Å². The smallest absolute Gasteiger partial charge is 0.180 e. The first-order chi connectivity index (χ1) is 14.4. The molecule has 0 saturated heterocycles. The third-order valence-electron chi connectivity index (χ3n) is 6.16. The Hall–Kier alpha value is -2.66. The Kier molecular flexibility index (Phi) is 4.15. The van der Waals surface area contributed by atoms with Gasteiger partial charge >= 0.3 is 0 Å². The molecule has 1 aromatic carbocycles. The van der Waals surface area contributed by atoms with E-state index in [2.05, 4.69) is 45.4 Å². The number of aromatic nitrogens is 4. The number of hydrogen-bond donors (Lipinski definition) is 0. The fourth-order valence-corrected chi connectivity index (χ4v) is 5.97. The van der Waals surface area contributed by atoms with Gasteiger partial charge in [0.1, 0.15) is 16.9 Å². The molecule has 0 bridgehead atoms. The minimum atomic E-state index is 0.678. The van der Waals surface area contributed by atoms with Crippen LogP contribution in [0.15, 0.2) is 30.6 Å². The number of hydrogen-bond acceptors (Lipinski definition) is 5. The first kappa shape index (κ1) is 17.2. The second kappa shape index (κ2) is 6.99. The van der Waals surface area contributed by atoms with Crippen molar-refractivity contribution < 1.29 is 0 Å². The molecule has 143 valence electrons. The van der Waals surface area contributed by atoms with E-state index in [0.29, 0.717) is 5.82 Å². The Bertz CT molecular complexity index is 1230. The molecule has 0 saturated carbocycles. The van der Waals surface area contributed by atoms with Gasteiger partial charge in [0, 0.05) is 21.4 Å². The van der Waals surface area contributed by atoms with Crippen molar-refractivity contribution in [2.24, 2.45) is 0 Å². The van der Waals surface area contributed by atoms with Gasteiger partial charge in [-0.15, -0.1) is 11.3 Å². The molecule has 4 aromatic rings. The molecule has 2 aliphatic carbocycles. The number of nitrogens with zero attached hydrogens (tertiary/aromatic N) is 4. The molecule has 0 unspecified atom stereocenters. The highest BCUT2D eigenvalue weighted by atomic mass is 32.1. The highest BCUT2D eigenvalue weighted by Gasteiger charge is 2.23. The molecule has 3 heterocycles. The zero-order chi connectivity index (χ0) is 19.2. The number of thiophene rings is 1. The van der Waals surface area contributed by atoms with E-state index in [4.69, 9.17) is 4.98 Å². The molecule has 1 radical (unpaired) electrons. The van der Waals surface area contributed by atoms with Crippen LogP contribution in [-0.2, 0) is 25.7 Å². The highest BCUT2D eigenvalue weighted by molar-refractivity contribution is 7.18. The van der Waals surface area contributed by atoms with Crippen molar-refractivity contribution in [3.63, 3.8) is 0 Å². The molecule has 2 aliphatic rings. The quantitative estimate of drug-likeness (QED) is 0.405. The van der Waals surface area contributed by atoms with Crippen molar-refractivity contribution in [3.05, 3.63) is 58.4 Å². The molecule has 0 atom stereocenters. The molecule has 29 heavy (non-hydrogen) atoms. The van der Waals surface area contributed by atoms with E-state index >= 15 is 0 Å². The third-order valence-corrected chi connectivity index (χ3v) is 7.36. The van der Waals surface area contributed by atoms with Crippen molar-refractivity contribution in [1.29, 1.82) is 0 Å². The summed E-state index contributed by atoms with van der Waals surface area (Å²) < 4.78 is 0. The molecule has 0 N–H and O–H groups in total. The Morgan fingerprint density at radius 2 is 1.79 bits per heavy atom. The predicted molar refractivity (Wildman–Crippen MR) is 116 cm³/mol. The van der Waals surface area contributed by atoms with Gasteiger partial charge in [-0.2, -0.15) is 0 Å². The summed E-state index contributed by atoms with van der Waals surface area (Å²) >= 11 is 1.83. The van der Waals surface area contributed by atoms with Crippen LogP contribution in [0.2, 0.25) is 0 Å². The molecule has 3 aromatic heterocycles. The molecule has 0 fully saturated rings. The number of fused-ring (bicyclic) bond motifs is 6. The van der Waals surface area contributed by atoms with Crippen molar-refractivity contribution >= 4 is 21.6 Å². The predicted octanol–water partition coefficient (Wildman–Crippen LogP) is 5.37. The van der Waals surface area contributed by atoms with Gasteiger partial charge in [0.25, 0.3) is 0 Å². The minimum absolute atomic E-state index is 0.678. The van der Waals surface area contributed by atoms with Gasteiger partial charge in [0.15, 0.2) is 5.82 Å². The van der Waals surface area contributed by atoms with E-state index in [1.54, 1.807) is 6.33 Å². The van der Waals surface area contributed by atoms with Gasteiger partial charge in [-0.3, -0.25) is 0 Å². The fourth-order valence-electron chi connectivity index (χ4n) is 4.74. The summed E-state index contributed by atoms with van der Waals surface area (Å²) in [5.74, 6) is 0.678. The molecule has 4 nitrogen and oxygen atoms in total. The summed E-state index contributed by atoms with van der Waals surface area (Å²) in [5.41, 5.74) is 7.02. The summed E-state index contributed by atoms with van der Waals surface area (Å²) in [4.78, 5) is 21.5. The molecular formula is C24H21N4S. The van der Waals surface area contributed by atoms with Gasteiger partial charge < -0.3 is 0 Å². The van der Waals surface area contributed by atoms with Gasteiger partial charge in [-0.05, 0) is 56.1 Å². The van der Waals surface area contributed by atoms with Crippen LogP contribution >= 0.6 is 11.3 Å². The van der Waals surface area contributed by atoms with Crippen LogP contribution < -0.4 is 0 Å². The second-order valence-corrected chi connectivity index (χ2v) is 9.05. The third kappa shape index (κ3) is 2.87. The second-order valence-electron chi connectivity index (χ2n) is 7.96. The minimum Gasteiger partial charge on any atom is -0.232 e. The number of aryl methyl sites for hydroxylation is 4. The molecular weight excluding hydrogens is 376 g/mol. The largest absolute Gasteiger partial charge is 0.232 e. The van der Waals surface area contributed by atoms with E-state index in [0.717, 1.165) is 53.9 Å². The summed E-state index contributed by atoms with van der Waals surface area (Å²) in [5, 5.41) is 1.17. The first-order valence-corrected chi connectivity index (χ1v) is 11.3. The maximum absolute atomic E-state index is 5.06. The lowest BCUT2D eigenvalue weighted by Crippen LogP contribution is -2.00. The summed E-state index contributed by atoms with van der Waals surface area (Å²) in [6, 6.07) is 8.60. The number of benzene rings is 1. The summed E-state index contributed by atoms with van der Waals surface area (Å²) in [6.07, 6.45) is 14.2. The van der Waals surface area contributed by atoms with E-state index < -0.39 is 0 Å². The van der Waals surface area contributed by atoms with Crippen LogP contribution in [0, 0.1) is 6.20 Å². The lowest BCUT2D eigenvalue weighted by molar-refractivity contribution is 0.713. The molecule has 0 amide bonds. The average Bonchev–Trinajstić information content (AvgIpc) is 2.90. The Morgan fingerprint density at radius 1 is 0.862 bits per heavy atom. The Balaban J connectivity index is 1.57. The lowest BCUT2D eigenvalue weighted by Gasteiger charge is -2.10. The van der Waals surface area contributed by atoms with E-state index in [1.807, 2.05) is 11.3 Å². The summed E-state index contributed by atoms with van der Waals surface area (Å²) in [7, 11) is 0. The normalized spacial score (nSPS) is 15.9. The van der Waals surface area contributed by atoms with Gasteiger partial charge in [-0.1, -0.05) is 30.7 Å². The zero-order valence-corrected chi connectivity index (χ0v) is 17.1. The van der Waals surface area contributed by atoms with Gasteiger partial charge in [0.05, 0.1) is 11.9 Å². The maximum atomic E-state index is 5.06. The maximum Gasteiger partial charge on any atom is 0.180 e. The van der Waals surface area contributed by atoms with Crippen molar-refractivity contribution in [3.8, 4) is 22.8 Å². The van der Waals surface area contributed by atoms with Crippen LogP contribution in [0.1, 0.15) is 47.3 Å². The standard InChI is InChI=1S/C24H21N4S/c1-2-11-18-19(12-3-1)29-24-20(18)22(26-14-27-24)23-25-13-16-9-6-8-15-7-4-5-10-17(15)21(16)28-23/h4-5,7,10,14H,1-3,6,8-9,11-12H2. The number of rotatable bonds is 1. The van der Waals surface area contributed by atoms with Crippen LogP contribution in [0.25, 0.3) is 33.0 Å². The average molecular weight is 398 g/mol. The van der Waals surface area contributed by atoms with Crippen LogP contribution in [0.5, 0.6) is 0 Å². The van der Waals surface area contributed by atoms with Gasteiger partial charge in [0.2, 0.25) is 0 Å². The Labute approximate surface area is 174 Å².